The summed E-state index contributed by atoms with van der Waals surface area (Å²) in [6.07, 6.45) is 8.21. The molecule has 0 N–H and O–H groups in total. The number of nitrogens with zero attached hydrogens (tertiary/aromatic N) is 2. The average Bonchev–Trinajstić information content (AvgIpc) is 3.12. The Morgan fingerprint density at radius 1 is 1.38 bits per heavy atom. The fourth-order valence-corrected chi connectivity index (χ4v) is 5.15. The van der Waals surface area contributed by atoms with E-state index in [9.17, 15) is 0 Å². The van der Waals surface area contributed by atoms with E-state index in [2.05, 4.69) is 31.2 Å². The molecule has 1 aromatic heterocycles. The molecule has 0 aliphatic heterocycles. The van der Waals surface area contributed by atoms with Crippen LogP contribution in [0.3, 0.4) is 0 Å². The highest BCUT2D eigenvalue weighted by Gasteiger charge is 2.57. The summed E-state index contributed by atoms with van der Waals surface area (Å²) in [4.78, 5) is 7.26. The summed E-state index contributed by atoms with van der Waals surface area (Å²) < 4.78 is 6.03. The lowest BCUT2D eigenvalue weighted by molar-refractivity contribution is -0.162. The molecule has 2 aliphatic carbocycles. The van der Waals surface area contributed by atoms with E-state index in [1.807, 2.05) is 0 Å². The summed E-state index contributed by atoms with van der Waals surface area (Å²) in [5, 5.41) is 3.49. The molecule has 3 nitrogen and oxygen atoms in total. The van der Waals surface area contributed by atoms with Crippen molar-refractivity contribution in [1.82, 2.24) is 9.88 Å². The summed E-state index contributed by atoms with van der Waals surface area (Å²) in [6.45, 7) is 6.15. The maximum atomic E-state index is 6.03. The van der Waals surface area contributed by atoms with Crippen molar-refractivity contribution in [3.05, 3.63) is 16.1 Å². The molecule has 21 heavy (non-hydrogen) atoms. The first-order valence-corrected chi connectivity index (χ1v) is 9.32. The van der Waals surface area contributed by atoms with Crippen molar-refractivity contribution in [1.29, 1.82) is 0 Å². The van der Waals surface area contributed by atoms with Gasteiger partial charge in [-0.25, -0.2) is 4.98 Å². The molecule has 0 saturated heterocycles. The van der Waals surface area contributed by atoms with Gasteiger partial charge in [0.25, 0.3) is 0 Å². The highest BCUT2D eigenvalue weighted by Crippen LogP contribution is 2.56. The molecule has 1 spiro atoms. The molecule has 2 atom stereocenters. The Balaban J connectivity index is 1.65. The van der Waals surface area contributed by atoms with Crippen LogP contribution in [0.1, 0.15) is 56.7 Å². The van der Waals surface area contributed by atoms with Gasteiger partial charge in [0.05, 0.1) is 16.8 Å². The standard InChI is InChI=1S/C17H28N2OS/c1-4-16-18-13(12-21-16)11-19(3)14-10-15(20-5-2)17(14)8-6-7-9-17/h12,14-15H,4-11H2,1-3H3/t14-,15+/m0/s1. The zero-order valence-corrected chi connectivity index (χ0v) is 14.4. The van der Waals surface area contributed by atoms with Crippen LogP contribution in [0.5, 0.6) is 0 Å². The fraction of sp³-hybridized carbons (Fsp3) is 0.824. The van der Waals surface area contributed by atoms with Crippen LogP contribution in [0.2, 0.25) is 0 Å². The van der Waals surface area contributed by atoms with Crippen LogP contribution < -0.4 is 0 Å². The van der Waals surface area contributed by atoms with Gasteiger partial charge in [-0.2, -0.15) is 0 Å². The molecule has 1 aromatic rings. The number of rotatable bonds is 6. The van der Waals surface area contributed by atoms with Crippen LogP contribution in [-0.4, -0.2) is 35.7 Å². The smallest absolute Gasteiger partial charge is 0.0926 e. The molecule has 4 heteroatoms. The van der Waals surface area contributed by atoms with E-state index in [0.717, 1.165) is 19.6 Å². The largest absolute Gasteiger partial charge is 0.378 e. The van der Waals surface area contributed by atoms with E-state index < -0.39 is 0 Å². The third-order valence-corrected chi connectivity index (χ3v) is 6.53. The van der Waals surface area contributed by atoms with Crippen molar-refractivity contribution in [3.63, 3.8) is 0 Å². The highest BCUT2D eigenvalue weighted by atomic mass is 32.1. The molecular weight excluding hydrogens is 280 g/mol. The van der Waals surface area contributed by atoms with E-state index >= 15 is 0 Å². The molecule has 118 valence electrons. The predicted molar refractivity (Wildman–Crippen MR) is 87.7 cm³/mol. The molecular formula is C17H28N2OS. The Bertz CT molecular complexity index is 467. The third kappa shape index (κ3) is 2.78. The van der Waals surface area contributed by atoms with E-state index in [-0.39, 0.29) is 0 Å². The molecule has 2 saturated carbocycles. The van der Waals surface area contributed by atoms with Crippen LogP contribution in [0.25, 0.3) is 0 Å². The molecule has 1 heterocycles. The van der Waals surface area contributed by atoms with E-state index in [0.29, 0.717) is 17.6 Å². The Kier molecular flexibility index (Phi) is 4.67. The minimum Gasteiger partial charge on any atom is -0.378 e. The topological polar surface area (TPSA) is 25.4 Å². The summed E-state index contributed by atoms with van der Waals surface area (Å²) in [5.41, 5.74) is 1.68. The molecule has 0 aromatic carbocycles. The first-order chi connectivity index (χ1) is 10.2. The van der Waals surface area contributed by atoms with Gasteiger partial charge >= 0.3 is 0 Å². The van der Waals surface area contributed by atoms with Crippen molar-refractivity contribution in [3.8, 4) is 0 Å². The van der Waals surface area contributed by atoms with E-state index in [4.69, 9.17) is 9.72 Å². The fourth-order valence-electron chi connectivity index (χ4n) is 4.42. The lowest BCUT2D eigenvalue weighted by Crippen LogP contribution is -2.62. The third-order valence-electron chi connectivity index (χ3n) is 5.49. The van der Waals surface area contributed by atoms with Crippen molar-refractivity contribution in [2.24, 2.45) is 5.41 Å². The van der Waals surface area contributed by atoms with Crippen molar-refractivity contribution >= 4 is 11.3 Å². The van der Waals surface area contributed by atoms with Gasteiger partial charge in [0.2, 0.25) is 0 Å². The van der Waals surface area contributed by atoms with E-state index in [1.165, 1.54) is 42.8 Å². The first-order valence-electron chi connectivity index (χ1n) is 8.44. The molecule has 0 bridgehead atoms. The summed E-state index contributed by atoms with van der Waals surface area (Å²) >= 11 is 1.80. The van der Waals surface area contributed by atoms with Gasteiger partial charge in [-0.3, -0.25) is 4.90 Å². The Morgan fingerprint density at radius 2 is 2.14 bits per heavy atom. The number of thiazole rings is 1. The van der Waals surface area contributed by atoms with Crippen LogP contribution in [-0.2, 0) is 17.7 Å². The number of ether oxygens (including phenoxy) is 1. The number of aryl methyl sites for hydroxylation is 1. The van der Waals surface area contributed by atoms with Crippen molar-refractivity contribution in [2.75, 3.05) is 13.7 Å². The van der Waals surface area contributed by atoms with Gasteiger partial charge in [0.1, 0.15) is 0 Å². The quantitative estimate of drug-likeness (QED) is 0.797. The molecule has 2 fully saturated rings. The Hall–Kier alpha value is -0.450. The van der Waals surface area contributed by atoms with Gasteiger partial charge in [-0.1, -0.05) is 19.8 Å². The molecule has 0 radical (unpaired) electrons. The second-order valence-corrected chi connectivity index (χ2v) is 7.58. The lowest BCUT2D eigenvalue weighted by Gasteiger charge is -2.57. The lowest BCUT2D eigenvalue weighted by atomic mass is 9.60. The maximum absolute atomic E-state index is 6.03. The van der Waals surface area contributed by atoms with Crippen molar-refractivity contribution < 1.29 is 4.74 Å². The highest BCUT2D eigenvalue weighted by molar-refractivity contribution is 7.09. The number of aromatic nitrogens is 1. The van der Waals surface area contributed by atoms with Gasteiger partial charge < -0.3 is 4.74 Å². The average molecular weight is 308 g/mol. The van der Waals surface area contributed by atoms with Gasteiger partial charge in [0.15, 0.2) is 0 Å². The predicted octanol–water partition coefficient (Wildman–Crippen LogP) is 3.88. The molecule has 2 aliphatic rings. The number of hydrogen-bond acceptors (Lipinski definition) is 4. The number of hydrogen-bond donors (Lipinski definition) is 0. The monoisotopic (exact) mass is 308 g/mol. The van der Waals surface area contributed by atoms with Gasteiger partial charge in [0, 0.05) is 30.0 Å². The molecule has 0 unspecified atom stereocenters. The first kappa shape index (κ1) is 15.4. The normalized spacial score (nSPS) is 27.4. The minimum absolute atomic E-state index is 0.439. The summed E-state index contributed by atoms with van der Waals surface area (Å²) in [7, 11) is 2.28. The summed E-state index contributed by atoms with van der Waals surface area (Å²) in [6, 6.07) is 0.684. The molecule has 0 amide bonds. The van der Waals surface area contributed by atoms with Crippen molar-refractivity contribution in [2.45, 2.75) is 71.1 Å². The van der Waals surface area contributed by atoms with Gasteiger partial charge in [-0.05, 0) is 39.7 Å². The van der Waals surface area contributed by atoms with E-state index in [1.54, 1.807) is 11.3 Å². The van der Waals surface area contributed by atoms with Crippen LogP contribution >= 0.6 is 11.3 Å². The minimum atomic E-state index is 0.439. The maximum Gasteiger partial charge on any atom is 0.0926 e. The Morgan fingerprint density at radius 3 is 2.76 bits per heavy atom. The zero-order chi connectivity index (χ0) is 14.9. The zero-order valence-electron chi connectivity index (χ0n) is 13.6. The molecule has 3 rings (SSSR count). The second kappa shape index (κ2) is 6.35. The van der Waals surface area contributed by atoms with Crippen LogP contribution in [0, 0.1) is 5.41 Å². The van der Waals surface area contributed by atoms with Gasteiger partial charge in [-0.15, -0.1) is 11.3 Å². The Labute approximate surface area is 132 Å². The summed E-state index contributed by atoms with van der Waals surface area (Å²) in [5.74, 6) is 0. The van der Waals surface area contributed by atoms with Crippen LogP contribution in [0.15, 0.2) is 5.38 Å². The SMILES string of the molecule is CCO[C@@H]1C[C@H](N(C)Cc2csc(CC)n2)C12CCCC2. The van der Waals surface area contributed by atoms with Crippen LogP contribution in [0.4, 0.5) is 0 Å². The second-order valence-electron chi connectivity index (χ2n) is 6.64.